The van der Waals surface area contributed by atoms with Gasteiger partial charge in [-0.05, 0) is 19.3 Å². The third kappa shape index (κ3) is 11.2. The highest BCUT2D eigenvalue weighted by molar-refractivity contribution is 5.04. The average Bonchev–Trinajstić information content (AvgIpc) is 2.16. The second-order valence-electron chi connectivity index (χ2n) is 2.86. The van der Waals surface area contributed by atoms with Gasteiger partial charge in [0.15, 0.2) is 0 Å². The van der Waals surface area contributed by atoms with E-state index in [9.17, 15) is 0 Å². The van der Waals surface area contributed by atoms with E-state index in [1.54, 1.807) is 0 Å². The van der Waals surface area contributed by atoms with Crippen LogP contribution >= 0.6 is 0 Å². The van der Waals surface area contributed by atoms with Gasteiger partial charge in [0.1, 0.15) is 0 Å². The molecule has 0 heterocycles. The van der Waals surface area contributed by atoms with E-state index in [-0.39, 0.29) is 6.61 Å². The lowest BCUT2D eigenvalue weighted by Crippen LogP contribution is -1.74. The number of hydrogen-bond acceptors (Lipinski definition) is 1. The summed E-state index contributed by atoms with van der Waals surface area (Å²) in [7, 11) is 0. The molecule has 0 fully saturated rings. The Kier molecular flexibility index (Phi) is 10.5. The summed E-state index contributed by atoms with van der Waals surface area (Å²) < 4.78 is 0. The van der Waals surface area contributed by atoms with Gasteiger partial charge in [0.2, 0.25) is 0 Å². The lowest BCUT2D eigenvalue weighted by atomic mass is 10.3. The zero-order valence-corrected chi connectivity index (χ0v) is 8.45. The Morgan fingerprint density at radius 3 is 2.38 bits per heavy atom. The summed E-state index contributed by atoms with van der Waals surface area (Å²) in [5, 5.41) is 8.49. The smallest absolute Gasteiger partial charge is 0.0465 e. The highest BCUT2D eigenvalue weighted by atomic mass is 16.2. The van der Waals surface area contributed by atoms with Gasteiger partial charge in [0.05, 0.1) is 0 Å². The fourth-order valence-electron chi connectivity index (χ4n) is 0.866. The van der Waals surface area contributed by atoms with Crippen LogP contribution in [-0.4, -0.2) is 11.7 Å². The Morgan fingerprint density at radius 2 is 1.69 bits per heavy atom. The van der Waals surface area contributed by atoms with Gasteiger partial charge in [-0.1, -0.05) is 49.8 Å². The second-order valence-corrected chi connectivity index (χ2v) is 2.86. The molecule has 0 spiro atoms. The molecule has 0 bridgehead atoms. The van der Waals surface area contributed by atoms with Crippen molar-refractivity contribution in [2.75, 3.05) is 6.61 Å². The molecule has 1 N–H and O–H groups in total. The summed E-state index contributed by atoms with van der Waals surface area (Å²) in [4.78, 5) is 0. The van der Waals surface area contributed by atoms with E-state index in [1.165, 1.54) is 6.42 Å². The molecule has 13 heavy (non-hydrogen) atoms. The molecule has 0 rings (SSSR count). The molecule has 0 aromatic carbocycles. The SMILES string of the molecule is CCC/C=C/C=C\C/C=C/CCO. The molecule has 0 saturated carbocycles. The fourth-order valence-corrected chi connectivity index (χ4v) is 0.866. The fraction of sp³-hybridized carbons (Fsp3) is 0.500. The van der Waals surface area contributed by atoms with Crippen LogP contribution in [0.2, 0.25) is 0 Å². The van der Waals surface area contributed by atoms with Crippen LogP contribution < -0.4 is 0 Å². The van der Waals surface area contributed by atoms with Crippen LogP contribution in [0.25, 0.3) is 0 Å². The predicted octanol–water partition coefficient (Wildman–Crippen LogP) is 3.23. The van der Waals surface area contributed by atoms with Crippen molar-refractivity contribution in [3.05, 3.63) is 36.5 Å². The Balaban J connectivity index is 3.30. The van der Waals surface area contributed by atoms with E-state index in [2.05, 4.69) is 37.3 Å². The van der Waals surface area contributed by atoms with Crippen molar-refractivity contribution >= 4 is 0 Å². The average molecular weight is 180 g/mol. The van der Waals surface area contributed by atoms with E-state index in [1.807, 2.05) is 6.08 Å². The number of aliphatic hydroxyl groups is 1. The summed E-state index contributed by atoms with van der Waals surface area (Å²) in [5.74, 6) is 0. The van der Waals surface area contributed by atoms with Crippen LogP contribution in [0, 0.1) is 0 Å². The van der Waals surface area contributed by atoms with Gasteiger partial charge in [0, 0.05) is 6.61 Å². The highest BCUT2D eigenvalue weighted by Gasteiger charge is 1.73. The van der Waals surface area contributed by atoms with Crippen molar-refractivity contribution in [2.45, 2.75) is 32.6 Å². The molecular weight excluding hydrogens is 160 g/mol. The minimum atomic E-state index is 0.247. The van der Waals surface area contributed by atoms with Crippen LogP contribution in [0.15, 0.2) is 36.5 Å². The van der Waals surface area contributed by atoms with Gasteiger partial charge in [-0.15, -0.1) is 0 Å². The van der Waals surface area contributed by atoms with Gasteiger partial charge in [-0.3, -0.25) is 0 Å². The zero-order valence-electron chi connectivity index (χ0n) is 8.45. The molecule has 0 aliphatic rings. The molecule has 74 valence electrons. The molecule has 0 amide bonds. The maximum absolute atomic E-state index is 8.49. The number of allylic oxidation sites excluding steroid dienone is 5. The minimum absolute atomic E-state index is 0.247. The van der Waals surface area contributed by atoms with E-state index >= 15 is 0 Å². The highest BCUT2D eigenvalue weighted by Crippen LogP contribution is 1.91. The van der Waals surface area contributed by atoms with Crippen molar-refractivity contribution in [2.24, 2.45) is 0 Å². The minimum Gasteiger partial charge on any atom is -0.396 e. The molecule has 0 radical (unpaired) electrons. The van der Waals surface area contributed by atoms with E-state index in [4.69, 9.17) is 5.11 Å². The Morgan fingerprint density at radius 1 is 0.923 bits per heavy atom. The molecule has 1 heteroatoms. The number of aliphatic hydroxyl groups excluding tert-OH is 1. The molecular formula is C12H20O. The van der Waals surface area contributed by atoms with E-state index < -0.39 is 0 Å². The normalized spacial score (nSPS) is 12.5. The van der Waals surface area contributed by atoms with Crippen LogP contribution in [0.5, 0.6) is 0 Å². The maximum atomic E-state index is 8.49. The Labute approximate surface area is 81.5 Å². The number of unbranched alkanes of at least 4 members (excludes halogenated alkanes) is 1. The molecule has 0 aliphatic heterocycles. The molecule has 1 nitrogen and oxygen atoms in total. The van der Waals surface area contributed by atoms with Crippen LogP contribution in [0.4, 0.5) is 0 Å². The van der Waals surface area contributed by atoms with Crippen molar-refractivity contribution in [3.8, 4) is 0 Å². The molecule has 0 aromatic rings. The van der Waals surface area contributed by atoms with Gasteiger partial charge < -0.3 is 5.11 Å². The summed E-state index contributed by atoms with van der Waals surface area (Å²) in [5.41, 5.74) is 0. The summed E-state index contributed by atoms with van der Waals surface area (Å²) in [6.45, 7) is 2.42. The van der Waals surface area contributed by atoms with Crippen molar-refractivity contribution < 1.29 is 5.11 Å². The lowest BCUT2D eigenvalue weighted by Gasteiger charge is -1.83. The predicted molar refractivity (Wildman–Crippen MR) is 58.6 cm³/mol. The Bertz CT molecular complexity index is 166. The summed E-state index contributed by atoms with van der Waals surface area (Å²) >= 11 is 0. The zero-order chi connectivity index (χ0) is 9.78. The van der Waals surface area contributed by atoms with E-state index in [0.29, 0.717) is 0 Å². The van der Waals surface area contributed by atoms with Gasteiger partial charge >= 0.3 is 0 Å². The topological polar surface area (TPSA) is 20.2 Å². The summed E-state index contributed by atoms with van der Waals surface area (Å²) in [6, 6.07) is 0. The quantitative estimate of drug-likeness (QED) is 0.471. The molecule has 0 unspecified atom stereocenters. The number of hydrogen-bond donors (Lipinski definition) is 1. The first-order chi connectivity index (χ1) is 6.41. The van der Waals surface area contributed by atoms with Crippen LogP contribution in [0.3, 0.4) is 0 Å². The largest absolute Gasteiger partial charge is 0.396 e. The maximum Gasteiger partial charge on any atom is 0.0465 e. The van der Waals surface area contributed by atoms with Crippen LogP contribution in [-0.2, 0) is 0 Å². The second kappa shape index (κ2) is 11.2. The van der Waals surface area contributed by atoms with Crippen LogP contribution in [0.1, 0.15) is 32.6 Å². The van der Waals surface area contributed by atoms with Gasteiger partial charge in [0.25, 0.3) is 0 Å². The van der Waals surface area contributed by atoms with Gasteiger partial charge in [-0.25, -0.2) is 0 Å². The monoisotopic (exact) mass is 180 g/mol. The Hall–Kier alpha value is -0.820. The third-order valence-corrected chi connectivity index (χ3v) is 1.57. The first kappa shape index (κ1) is 12.2. The molecule has 0 aromatic heterocycles. The van der Waals surface area contributed by atoms with E-state index in [0.717, 1.165) is 19.3 Å². The first-order valence-corrected chi connectivity index (χ1v) is 4.99. The van der Waals surface area contributed by atoms with Crippen molar-refractivity contribution in [1.29, 1.82) is 0 Å². The number of rotatable bonds is 7. The standard InChI is InChI=1S/C12H20O/c1-2-3-4-5-6-7-8-9-10-11-12-13/h4-7,9-10,13H,2-3,8,11-12H2,1H3/b5-4+,7-6-,10-9+. The van der Waals surface area contributed by atoms with Crippen molar-refractivity contribution in [3.63, 3.8) is 0 Å². The summed E-state index contributed by atoms with van der Waals surface area (Å²) in [6.07, 6.45) is 16.6. The van der Waals surface area contributed by atoms with Crippen molar-refractivity contribution in [1.82, 2.24) is 0 Å². The molecule has 0 saturated heterocycles. The van der Waals surface area contributed by atoms with Gasteiger partial charge in [-0.2, -0.15) is 0 Å². The molecule has 0 atom stereocenters. The first-order valence-electron chi connectivity index (χ1n) is 4.99. The third-order valence-electron chi connectivity index (χ3n) is 1.57. The molecule has 0 aliphatic carbocycles. The lowest BCUT2D eigenvalue weighted by molar-refractivity contribution is 0.302.